The summed E-state index contributed by atoms with van der Waals surface area (Å²) in [5.74, 6) is -0.547. The molecule has 2 atom stereocenters. The lowest BCUT2D eigenvalue weighted by Crippen LogP contribution is -2.38. The largest absolute Gasteiger partial charge is 0.373 e. The van der Waals surface area contributed by atoms with Crippen molar-refractivity contribution in [3.63, 3.8) is 0 Å². The van der Waals surface area contributed by atoms with Crippen LogP contribution in [0.2, 0.25) is 0 Å². The molecule has 0 saturated heterocycles. The summed E-state index contributed by atoms with van der Waals surface area (Å²) in [6, 6.07) is 25.3. The Hall–Kier alpha value is -3.37. The molecule has 3 aromatic carbocycles. The van der Waals surface area contributed by atoms with Gasteiger partial charge in [0.2, 0.25) is 0 Å². The summed E-state index contributed by atoms with van der Waals surface area (Å²) < 4.78 is 0. The van der Waals surface area contributed by atoms with Crippen molar-refractivity contribution in [3.8, 4) is 11.1 Å². The van der Waals surface area contributed by atoms with Gasteiger partial charge >= 0.3 is 0 Å². The second-order valence-corrected chi connectivity index (χ2v) is 6.94. The maximum atomic E-state index is 12.7. The fraction of sp³-hybridized carbons (Fsp3) is 0.125. The van der Waals surface area contributed by atoms with E-state index in [-0.39, 0.29) is 11.8 Å². The second kappa shape index (κ2) is 7.71. The fourth-order valence-corrected chi connectivity index (χ4v) is 3.45. The SMILES string of the molecule is CC(c1c[nH]c2ccccc12)[C@@H](O)NC(=O)c1cccc(-c2ccccc2)c1. The van der Waals surface area contributed by atoms with E-state index < -0.39 is 6.23 Å². The third kappa shape index (κ3) is 3.55. The lowest BCUT2D eigenvalue weighted by atomic mass is 9.98. The highest BCUT2D eigenvalue weighted by Gasteiger charge is 2.21. The Balaban J connectivity index is 1.52. The smallest absolute Gasteiger partial charge is 0.253 e. The maximum absolute atomic E-state index is 12.7. The molecule has 1 heterocycles. The Bertz CT molecular complexity index is 1100. The van der Waals surface area contributed by atoms with Crippen molar-refractivity contribution in [2.24, 2.45) is 0 Å². The van der Waals surface area contributed by atoms with Crippen molar-refractivity contribution >= 4 is 16.8 Å². The lowest BCUT2D eigenvalue weighted by Gasteiger charge is -2.20. The van der Waals surface area contributed by atoms with Crippen molar-refractivity contribution in [1.29, 1.82) is 0 Å². The van der Waals surface area contributed by atoms with Crippen LogP contribution in [0.1, 0.15) is 28.8 Å². The highest BCUT2D eigenvalue weighted by molar-refractivity contribution is 5.95. The molecule has 0 spiro atoms. The first-order chi connectivity index (χ1) is 13.6. The highest BCUT2D eigenvalue weighted by atomic mass is 16.3. The summed E-state index contributed by atoms with van der Waals surface area (Å²) in [7, 11) is 0. The standard InChI is InChI=1S/C24H22N2O2/c1-16(21-15-25-22-13-6-5-12-20(21)22)23(27)26-24(28)19-11-7-10-18(14-19)17-8-3-2-4-9-17/h2-16,23,25,27H,1H3,(H,26,28)/t16?,23-/m1/s1. The van der Waals surface area contributed by atoms with Gasteiger partial charge in [0.1, 0.15) is 6.23 Å². The number of aliphatic hydroxyl groups is 1. The zero-order valence-electron chi connectivity index (χ0n) is 15.6. The molecule has 140 valence electrons. The molecule has 1 amide bonds. The van der Waals surface area contributed by atoms with Gasteiger partial charge in [0, 0.05) is 28.6 Å². The van der Waals surface area contributed by atoms with Gasteiger partial charge in [-0.05, 0) is 34.9 Å². The van der Waals surface area contributed by atoms with Crippen LogP contribution in [0.4, 0.5) is 0 Å². The minimum Gasteiger partial charge on any atom is -0.373 e. The fourth-order valence-electron chi connectivity index (χ4n) is 3.45. The van der Waals surface area contributed by atoms with E-state index in [9.17, 15) is 9.90 Å². The lowest BCUT2D eigenvalue weighted by molar-refractivity contribution is 0.0728. The number of nitrogens with one attached hydrogen (secondary N) is 2. The minimum atomic E-state index is -0.993. The van der Waals surface area contributed by atoms with Gasteiger partial charge in [0.25, 0.3) is 5.91 Å². The van der Waals surface area contributed by atoms with E-state index in [1.54, 1.807) is 6.07 Å². The molecular weight excluding hydrogens is 348 g/mol. The normalized spacial score (nSPS) is 13.2. The Labute approximate surface area is 163 Å². The summed E-state index contributed by atoms with van der Waals surface area (Å²) in [6.45, 7) is 1.90. The molecule has 4 rings (SSSR count). The molecule has 0 aliphatic carbocycles. The van der Waals surface area contributed by atoms with E-state index in [4.69, 9.17) is 0 Å². The first-order valence-electron chi connectivity index (χ1n) is 9.34. The molecular formula is C24H22N2O2. The van der Waals surface area contributed by atoms with Gasteiger partial charge < -0.3 is 15.4 Å². The number of carbonyl (C=O) groups is 1. The number of H-pyrrole nitrogens is 1. The molecule has 0 aliphatic rings. The van der Waals surface area contributed by atoms with Crippen LogP contribution < -0.4 is 5.32 Å². The van der Waals surface area contributed by atoms with Crippen LogP contribution >= 0.6 is 0 Å². The highest BCUT2D eigenvalue weighted by Crippen LogP contribution is 2.27. The molecule has 0 aliphatic heterocycles. The van der Waals surface area contributed by atoms with Crippen molar-refractivity contribution in [2.45, 2.75) is 19.1 Å². The molecule has 4 heteroatoms. The number of carbonyl (C=O) groups excluding carboxylic acids is 1. The Kier molecular flexibility index (Phi) is 4.96. The topological polar surface area (TPSA) is 65.1 Å². The van der Waals surface area contributed by atoms with Gasteiger partial charge in [-0.1, -0.05) is 67.6 Å². The van der Waals surface area contributed by atoms with Gasteiger partial charge in [0.05, 0.1) is 0 Å². The van der Waals surface area contributed by atoms with Crippen molar-refractivity contribution in [1.82, 2.24) is 10.3 Å². The number of para-hydroxylation sites is 1. The van der Waals surface area contributed by atoms with E-state index in [0.717, 1.165) is 27.6 Å². The van der Waals surface area contributed by atoms with Crippen LogP contribution in [0.25, 0.3) is 22.0 Å². The van der Waals surface area contributed by atoms with Gasteiger partial charge in [-0.15, -0.1) is 0 Å². The quantitative estimate of drug-likeness (QED) is 0.446. The Morgan fingerprint density at radius 2 is 1.64 bits per heavy atom. The molecule has 1 aromatic heterocycles. The maximum Gasteiger partial charge on any atom is 0.253 e. The zero-order chi connectivity index (χ0) is 19.5. The van der Waals surface area contributed by atoms with Crippen LogP contribution in [0.5, 0.6) is 0 Å². The molecule has 28 heavy (non-hydrogen) atoms. The summed E-state index contributed by atoms with van der Waals surface area (Å²) in [5.41, 5.74) is 4.52. The van der Waals surface area contributed by atoms with Crippen LogP contribution in [-0.2, 0) is 0 Å². The van der Waals surface area contributed by atoms with Crippen LogP contribution in [0, 0.1) is 0 Å². The molecule has 4 nitrogen and oxygen atoms in total. The summed E-state index contributed by atoms with van der Waals surface area (Å²) >= 11 is 0. The van der Waals surface area contributed by atoms with Gasteiger partial charge in [0.15, 0.2) is 0 Å². The number of aromatic nitrogens is 1. The van der Waals surface area contributed by atoms with E-state index in [2.05, 4.69) is 10.3 Å². The van der Waals surface area contributed by atoms with E-state index in [0.29, 0.717) is 5.56 Å². The number of amides is 1. The molecule has 3 N–H and O–H groups in total. The first-order valence-corrected chi connectivity index (χ1v) is 9.34. The minimum absolute atomic E-state index is 0.252. The number of rotatable bonds is 5. The van der Waals surface area contributed by atoms with Crippen molar-refractivity contribution in [3.05, 3.63) is 96.2 Å². The van der Waals surface area contributed by atoms with Crippen molar-refractivity contribution in [2.75, 3.05) is 0 Å². The third-order valence-corrected chi connectivity index (χ3v) is 5.10. The second-order valence-electron chi connectivity index (χ2n) is 6.94. The number of hydrogen-bond acceptors (Lipinski definition) is 2. The number of fused-ring (bicyclic) bond motifs is 1. The molecule has 0 fully saturated rings. The molecule has 1 unspecified atom stereocenters. The van der Waals surface area contributed by atoms with E-state index in [1.165, 1.54) is 0 Å². The Morgan fingerprint density at radius 3 is 2.46 bits per heavy atom. The van der Waals surface area contributed by atoms with Crippen LogP contribution in [0.15, 0.2) is 85.1 Å². The molecule has 0 saturated carbocycles. The predicted molar refractivity (Wildman–Crippen MR) is 112 cm³/mol. The zero-order valence-corrected chi connectivity index (χ0v) is 15.6. The molecule has 0 bridgehead atoms. The summed E-state index contributed by atoms with van der Waals surface area (Å²) in [4.78, 5) is 15.9. The van der Waals surface area contributed by atoms with Crippen molar-refractivity contribution < 1.29 is 9.90 Å². The number of aliphatic hydroxyl groups excluding tert-OH is 1. The summed E-state index contributed by atoms with van der Waals surface area (Å²) in [6.07, 6.45) is 0.896. The van der Waals surface area contributed by atoms with Crippen LogP contribution in [-0.4, -0.2) is 22.2 Å². The van der Waals surface area contributed by atoms with Crippen LogP contribution in [0.3, 0.4) is 0 Å². The number of aromatic amines is 1. The predicted octanol–water partition coefficient (Wildman–Crippen LogP) is 4.69. The number of benzene rings is 3. The van der Waals surface area contributed by atoms with E-state index in [1.807, 2.05) is 85.9 Å². The first kappa shape index (κ1) is 18.0. The summed E-state index contributed by atoms with van der Waals surface area (Å²) in [5, 5.41) is 14.4. The van der Waals surface area contributed by atoms with E-state index >= 15 is 0 Å². The monoisotopic (exact) mass is 370 g/mol. The average molecular weight is 370 g/mol. The molecule has 4 aromatic rings. The van der Waals surface area contributed by atoms with Gasteiger partial charge in [-0.25, -0.2) is 0 Å². The Morgan fingerprint density at radius 1 is 0.929 bits per heavy atom. The average Bonchev–Trinajstić information content (AvgIpc) is 3.18. The van der Waals surface area contributed by atoms with Gasteiger partial charge in [-0.2, -0.15) is 0 Å². The number of hydrogen-bond donors (Lipinski definition) is 3. The third-order valence-electron chi connectivity index (χ3n) is 5.10. The molecule has 0 radical (unpaired) electrons. The van der Waals surface area contributed by atoms with Gasteiger partial charge in [-0.3, -0.25) is 4.79 Å².